The molecule has 2 rings (SSSR count). The number of amides is 1. The molecule has 122 valence electrons. The molecule has 0 unspecified atom stereocenters. The van der Waals surface area contributed by atoms with E-state index in [4.69, 9.17) is 5.73 Å². The first kappa shape index (κ1) is 16.7. The Bertz CT molecular complexity index is 501. The summed E-state index contributed by atoms with van der Waals surface area (Å²) >= 11 is 0. The minimum absolute atomic E-state index is 0.255. The van der Waals surface area contributed by atoms with Gasteiger partial charge in [0, 0.05) is 38.3 Å². The number of hydrogen-bond donors (Lipinski definition) is 2. The highest BCUT2D eigenvalue weighted by molar-refractivity contribution is 5.94. The van der Waals surface area contributed by atoms with Crippen LogP contribution in [-0.4, -0.2) is 56.6 Å². The summed E-state index contributed by atoms with van der Waals surface area (Å²) in [6.07, 6.45) is 0.716. The van der Waals surface area contributed by atoms with Gasteiger partial charge in [0.1, 0.15) is 5.82 Å². The van der Waals surface area contributed by atoms with Gasteiger partial charge in [-0.15, -0.1) is 0 Å². The third-order valence-electron chi connectivity index (χ3n) is 4.04. The normalized spacial score (nSPS) is 15.9. The van der Waals surface area contributed by atoms with Crippen LogP contribution in [0.1, 0.15) is 23.7 Å². The zero-order valence-electron chi connectivity index (χ0n) is 13.1. The van der Waals surface area contributed by atoms with Crippen molar-refractivity contribution in [2.45, 2.75) is 13.3 Å². The third-order valence-corrected chi connectivity index (χ3v) is 4.04. The lowest BCUT2D eigenvalue weighted by Crippen LogP contribution is -2.46. The van der Waals surface area contributed by atoms with Crippen LogP contribution in [0.2, 0.25) is 0 Å². The molecule has 0 aliphatic carbocycles. The predicted octanol–water partition coefficient (Wildman–Crippen LogP) is 1.05. The lowest BCUT2D eigenvalue weighted by Gasteiger charge is -2.35. The van der Waals surface area contributed by atoms with Crippen LogP contribution in [0.25, 0.3) is 0 Å². The molecule has 1 aromatic carbocycles. The summed E-state index contributed by atoms with van der Waals surface area (Å²) in [5.41, 5.74) is 6.31. The van der Waals surface area contributed by atoms with Gasteiger partial charge in [-0.1, -0.05) is 6.92 Å². The van der Waals surface area contributed by atoms with Crippen molar-refractivity contribution in [1.29, 1.82) is 0 Å². The number of likely N-dealkylation sites (N-methyl/N-ethyl adjacent to an activating group) is 1. The first-order valence-electron chi connectivity index (χ1n) is 7.90. The van der Waals surface area contributed by atoms with Gasteiger partial charge < -0.3 is 20.9 Å². The van der Waals surface area contributed by atoms with Gasteiger partial charge in [-0.3, -0.25) is 4.79 Å². The molecule has 0 atom stereocenters. The largest absolute Gasteiger partial charge is 0.367 e. The molecule has 22 heavy (non-hydrogen) atoms. The maximum atomic E-state index is 14.3. The van der Waals surface area contributed by atoms with Crippen LogP contribution in [-0.2, 0) is 0 Å². The molecule has 1 aliphatic heterocycles. The number of anilines is 1. The molecule has 6 heteroatoms. The summed E-state index contributed by atoms with van der Waals surface area (Å²) in [4.78, 5) is 16.3. The van der Waals surface area contributed by atoms with Crippen LogP contribution in [0, 0.1) is 5.82 Å². The van der Waals surface area contributed by atoms with Gasteiger partial charge in [-0.25, -0.2) is 4.39 Å². The number of nitrogens with two attached hydrogens (primary N) is 1. The van der Waals surface area contributed by atoms with E-state index in [1.54, 1.807) is 12.1 Å². The highest BCUT2D eigenvalue weighted by atomic mass is 19.1. The number of piperazine rings is 1. The van der Waals surface area contributed by atoms with Crippen LogP contribution in [0.3, 0.4) is 0 Å². The Morgan fingerprint density at radius 3 is 2.64 bits per heavy atom. The first-order chi connectivity index (χ1) is 10.7. The molecule has 0 aromatic heterocycles. The fourth-order valence-electron chi connectivity index (χ4n) is 2.62. The fourth-order valence-corrected chi connectivity index (χ4v) is 2.62. The number of carbonyl (C=O) groups excluding carboxylic acids is 1. The molecule has 5 nitrogen and oxygen atoms in total. The maximum Gasteiger partial charge on any atom is 0.251 e. The summed E-state index contributed by atoms with van der Waals surface area (Å²) in [6.45, 7) is 7.70. The van der Waals surface area contributed by atoms with Crippen molar-refractivity contribution in [2.75, 3.05) is 50.7 Å². The smallest absolute Gasteiger partial charge is 0.251 e. The van der Waals surface area contributed by atoms with E-state index >= 15 is 0 Å². The van der Waals surface area contributed by atoms with Gasteiger partial charge in [0.05, 0.1) is 5.69 Å². The van der Waals surface area contributed by atoms with E-state index in [-0.39, 0.29) is 11.7 Å². The molecular formula is C16H25FN4O. The van der Waals surface area contributed by atoms with E-state index in [1.807, 2.05) is 4.90 Å². The number of nitrogens with one attached hydrogen (secondary N) is 1. The molecule has 3 N–H and O–H groups in total. The van der Waals surface area contributed by atoms with Gasteiger partial charge >= 0.3 is 0 Å². The molecular weight excluding hydrogens is 283 g/mol. The standard InChI is InChI=1S/C16H25FN4O/c1-2-20-8-10-21(11-9-20)15-5-4-13(12-14(15)17)16(22)19-7-3-6-18/h4-5,12H,2-3,6-11,18H2,1H3,(H,19,22). The van der Waals surface area contributed by atoms with Crippen molar-refractivity contribution in [3.05, 3.63) is 29.6 Å². The SMILES string of the molecule is CCN1CCN(c2ccc(C(=O)NCCCN)cc2F)CC1. The molecule has 0 radical (unpaired) electrons. The van der Waals surface area contributed by atoms with Crippen LogP contribution >= 0.6 is 0 Å². The summed E-state index contributed by atoms with van der Waals surface area (Å²) in [5.74, 6) is -0.592. The highest BCUT2D eigenvalue weighted by Crippen LogP contribution is 2.22. The Morgan fingerprint density at radius 1 is 1.32 bits per heavy atom. The topological polar surface area (TPSA) is 61.6 Å². The number of halogens is 1. The minimum atomic E-state index is -0.337. The molecule has 0 saturated carbocycles. The number of benzene rings is 1. The Balaban J connectivity index is 1.99. The molecule has 1 aromatic rings. The molecule has 1 aliphatic rings. The Morgan fingerprint density at radius 2 is 2.05 bits per heavy atom. The zero-order chi connectivity index (χ0) is 15.9. The first-order valence-corrected chi connectivity index (χ1v) is 7.90. The summed E-state index contributed by atoms with van der Waals surface area (Å²) in [7, 11) is 0. The van der Waals surface area contributed by atoms with E-state index in [1.165, 1.54) is 6.07 Å². The Hall–Kier alpha value is -1.66. The molecule has 1 fully saturated rings. The Kier molecular flexibility index (Phi) is 6.15. The van der Waals surface area contributed by atoms with Gasteiger partial charge in [-0.2, -0.15) is 0 Å². The third kappa shape index (κ3) is 4.18. The second kappa shape index (κ2) is 8.10. The predicted molar refractivity (Wildman–Crippen MR) is 86.7 cm³/mol. The van der Waals surface area contributed by atoms with E-state index in [2.05, 4.69) is 17.1 Å². The summed E-state index contributed by atoms with van der Waals surface area (Å²) < 4.78 is 14.3. The molecule has 1 saturated heterocycles. The van der Waals surface area contributed by atoms with Gasteiger partial charge in [0.2, 0.25) is 0 Å². The average Bonchev–Trinajstić information content (AvgIpc) is 2.55. The number of rotatable bonds is 6. The second-order valence-corrected chi connectivity index (χ2v) is 5.49. The van der Waals surface area contributed by atoms with E-state index in [9.17, 15) is 9.18 Å². The fraction of sp³-hybridized carbons (Fsp3) is 0.562. The van der Waals surface area contributed by atoms with Crippen LogP contribution < -0.4 is 16.0 Å². The van der Waals surface area contributed by atoms with Crippen molar-refractivity contribution in [1.82, 2.24) is 10.2 Å². The Labute approximate surface area is 131 Å². The number of nitrogens with zero attached hydrogens (tertiary/aromatic N) is 2. The molecule has 1 heterocycles. The van der Waals surface area contributed by atoms with Crippen LogP contribution in [0.5, 0.6) is 0 Å². The summed E-state index contributed by atoms with van der Waals surface area (Å²) in [6, 6.07) is 4.70. The van der Waals surface area contributed by atoms with E-state index in [0.29, 0.717) is 30.8 Å². The lowest BCUT2D eigenvalue weighted by atomic mass is 10.1. The van der Waals surface area contributed by atoms with Gasteiger partial charge in [0.15, 0.2) is 0 Å². The molecule has 0 bridgehead atoms. The van der Waals surface area contributed by atoms with Crippen molar-refractivity contribution >= 4 is 11.6 Å². The van der Waals surface area contributed by atoms with Crippen LogP contribution in [0.4, 0.5) is 10.1 Å². The quantitative estimate of drug-likeness (QED) is 0.771. The zero-order valence-corrected chi connectivity index (χ0v) is 13.1. The van der Waals surface area contributed by atoms with Gasteiger partial charge in [-0.05, 0) is 37.7 Å². The van der Waals surface area contributed by atoms with Crippen molar-refractivity contribution in [3.63, 3.8) is 0 Å². The number of carbonyl (C=O) groups is 1. The average molecular weight is 308 g/mol. The molecule has 0 spiro atoms. The van der Waals surface area contributed by atoms with Crippen molar-refractivity contribution in [3.8, 4) is 0 Å². The van der Waals surface area contributed by atoms with Crippen molar-refractivity contribution in [2.24, 2.45) is 5.73 Å². The van der Waals surface area contributed by atoms with E-state index in [0.717, 1.165) is 32.7 Å². The summed E-state index contributed by atoms with van der Waals surface area (Å²) in [5, 5.41) is 2.73. The lowest BCUT2D eigenvalue weighted by molar-refractivity contribution is 0.0953. The monoisotopic (exact) mass is 308 g/mol. The van der Waals surface area contributed by atoms with Gasteiger partial charge in [0.25, 0.3) is 5.91 Å². The van der Waals surface area contributed by atoms with E-state index < -0.39 is 0 Å². The highest BCUT2D eigenvalue weighted by Gasteiger charge is 2.19. The second-order valence-electron chi connectivity index (χ2n) is 5.49. The van der Waals surface area contributed by atoms with Crippen LogP contribution in [0.15, 0.2) is 18.2 Å². The number of hydrogen-bond acceptors (Lipinski definition) is 4. The minimum Gasteiger partial charge on any atom is -0.367 e. The molecule has 1 amide bonds. The van der Waals surface area contributed by atoms with Crippen molar-refractivity contribution < 1.29 is 9.18 Å². The maximum absolute atomic E-state index is 14.3.